The smallest absolute Gasteiger partial charge is 0.0727 e. The fourth-order valence-electron chi connectivity index (χ4n) is 1.55. The van der Waals surface area contributed by atoms with Gasteiger partial charge >= 0.3 is 0 Å². The lowest BCUT2D eigenvalue weighted by Gasteiger charge is -2.18. The molecule has 0 atom stereocenters. The Kier molecular flexibility index (Phi) is 1.96. The SMILES string of the molecule is C/C=C1/COCc2ccccc21. The maximum atomic E-state index is 5.43. The van der Waals surface area contributed by atoms with Gasteiger partial charge in [0, 0.05) is 0 Å². The van der Waals surface area contributed by atoms with E-state index in [0.717, 1.165) is 13.2 Å². The summed E-state index contributed by atoms with van der Waals surface area (Å²) in [6, 6.07) is 8.42. The summed E-state index contributed by atoms with van der Waals surface area (Å²) in [6.45, 7) is 3.57. The lowest BCUT2D eigenvalue weighted by molar-refractivity contribution is 0.146. The highest BCUT2D eigenvalue weighted by Gasteiger charge is 2.11. The number of hydrogen-bond acceptors (Lipinski definition) is 1. The minimum Gasteiger partial charge on any atom is -0.372 e. The molecule has 1 heteroatoms. The van der Waals surface area contributed by atoms with Gasteiger partial charge in [0.05, 0.1) is 13.2 Å². The molecule has 12 heavy (non-hydrogen) atoms. The van der Waals surface area contributed by atoms with Crippen molar-refractivity contribution in [2.75, 3.05) is 6.61 Å². The Labute approximate surface area is 72.7 Å². The van der Waals surface area contributed by atoms with E-state index in [1.807, 2.05) is 0 Å². The van der Waals surface area contributed by atoms with Crippen molar-refractivity contribution in [2.24, 2.45) is 0 Å². The molecule has 0 fully saturated rings. The molecular formula is C11H12O. The highest BCUT2D eigenvalue weighted by atomic mass is 16.5. The van der Waals surface area contributed by atoms with E-state index in [1.54, 1.807) is 0 Å². The zero-order valence-corrected chi connectivity index (χ0v) is 7.21. The number of rotatable bonds is 0. The lowest BCUT2D eigenvalue weighted by atomic mass is 9.99. The van der Waals surface area contributed by atoms with Crippen molar-refractivity contribution in [3.8, 4) is 0 Å². The molecule has 1 heterocycles. The molecule has 0 aliphatic carbocycles. The Balaban J connectivity index is 2.51. The second kappa shape index (κ2) is 3.11. The molecule has 62 valence electrons. The van der Waals surface area contributed by atoms with Crippen LogP contribution >= 0.6 is 0 Å². The van der Waals surface area contributed by atoms with Gasteiger partial charge in [-0.25, -0.2) is 0 Å². The van der Waals surface area contributed by atoms with E-state index in [1.165, 1.54) is 16.7 Å². The van der Waals surface area contributed by atoms with E-state index in [2.05, 4.69) is 37.3 Å². The topological polar surface area (TPSA) is 9.23 Å². The molecule has 0 amide bonds. The third-order valence-corrected chi connectivity index (χ3v) is 2.23. The molecule has 0 aromatic heterocycles. The Hall–Kier alpha value is -1.08. The Morgan fingerprint density at radius 2 is 2.08 bits per heavy atom. The Bertz CT molecular complexity index is 313. The predicted molar refractivity (Wildman–Crippen MR) is 49.7 cm³/mol. The van der Waals surface area contributed by atoms with Crippen LogP contribution in [0.1, 0.15) is 18.1 Å². The van der Waals surface area contributed by atoms with Crippen molar-refractivity contribution in [1.29, 1.82) is 0 Å². The van der Waals surface area contributed by atoms with Crippen LogP contribution in [0, 0.1) is 0 Å². The molecule has 0 unspecified atom stereocenters. The molecule has 0 saturated carbocycles. The van der Waals surface area contributed by atoms with Crippen molar-refractivity contribution >= 4 is 5.57 Å². The zero-order valence-electron chi connectivity index (χ0n) is 7.21. The van der Waals surface area contributed by atoms with E-state index in [9.17, 15) is 0 Å². The van der Waals surface area contributed by atoms with Crippen molar-refractivity contribution < 1.29 is 4.74 Å². The lowest BCUT2D eigenvalue weighted by Crippen LogP contribution is -2.08. The number of fused-ring (bicyclic) bond motifs is 1. The van der Waals surface area contributed by atoms with Crippen molar-refractivity contribution in [3.05, 3.63) is 41.5 Å². The first-order valence-electron chi connectivity index (χ1n) is 4.23. The summed E-state index contributed by atoms with van der Waals surface area (Å²) in [6.07, 6.45) is 2.12. The predicted octanol–water partition coefficient (Wildman–Crippen LogP) is 2.62. The standard InChI is InChI=1S/C11H12O/c1-2-9-7-12-8-10-5-3-4-6-11(9)10/h2-6H,7-8H2,1H3/b9-2-. The third-order valence-electron chi connectivity index (χ3n) is 2.23. The molecule has 1 aromatic rings. The van der Waals surface area contributed by atoms with Gasteiger partial charge in [0.25, 0.3) is 0 Å². The molecule has 0 radical (unpaired) electrons. The van der Waals surface area contributed by atoms with E-state index in [0.29, 0.717) is 0 Å². The van der Waals surface area contributed by atoms with Crippen LogP contribution < -0.4 is 0 Å². The van der Waals surface area contributed by atoms with Gasteiger partial charge in [-0.3, -0.25) is 0 Å². The van der Waals surface area contributed by atoms with Gasteiger partial charge in [-0.2, -0.15) is 0 Å². The average molecular weight is 160 g/mol. The molecule has 1 nitrogen and oxygen atoms in total. The van der Waals surface area contributed by atoms with Crippen LogP contribution in [0.2, 0.25) is 0 Å². The van der Waals surface area contributed by atoms with E-state index < -0.39 is 0 Å². The normalized spacial score (nSPS) is 19.2. The summed E-state index contributed by atoms with van der Waals surface area (Å²) in [7, 11) is 0. The summed E-state index contributed by atoms with van der Waals surface area (Å²) < 4.78 is 5.43. The van der Waals surface area contributed by atoms with Gasteiger partial charge in [0.1, 0.15) is 0 Å². The monoisotopic (exact) mass is 160 g/mol. The highest BCUT2D eigenvalue weighted by molar-refractivity contribution is 5.69. The quantitative estimate of drug-likeness (QED) is 0.567. The van der Waals surface area contributed by atoms with Crippen LogP contribution in [-0.2, 0) is 11.3 Å². The molecule has 0 bridgehead atoms. The van der Waals surface area contributed by atoms with Gasteiger partial charge in [0.15, 0.2) is 0 Å². The maximum Gasteiger partial charge on any atom is 0.0727 e. The van der Waals surface area contributed by atoms with E-state index >= 15 is 0 Å². The van der Waals surface area contributed by atoms with Crippen LogP contribution in [0.4, 0.5) is 0 Å². The fourth-order valence-corrected chi connectivity index (χ4v) is 1.55. The van der Waals surface area contributed by atoms with Crippen molar-refractivity contribution in [2.45, 2.75) is 13.5 Å². The van der Waals surface area contributed by atoms with Gasteiger partial charge in [-0.05, 0) is 23.6 Å². The zero-order chi connectivity index (χ0) is 8.39. The number of ether oxygens (including phenoxy) is 1. The molecule has 1 aliphatic heterocycles. The van der Waals surface area contributed by atoms with Crippen LogP contribution in [0.25, 0.3) is 5.57 Å². The van der Waals surface area contributed by atoms with Crippen molar-refractivity contribution in [1.82, 2.24) is 0 Å². The largest absolute Gasteiger partial charge is 0.372 e. The second-order valence-corrected chi connectivity index (χ2v) is 2.96. The van der Waals surface area contributed by atoms with Gasteiger partial charge < -0.3 is 4.74 Å². The first kappa shape index (κ1) is 7.56. The van der Waals surface area contributed by atoms with Crippen LogP contribution in [0.3, 0.4) is 0 Å². The summed E-state index contributed by atoms with van der Waals surface area (Å²) in [5.41, 5.74) is 3.96. The average Bonchev–Trinajstić information content (AvgIpc) is 2.17. The number of hydrogen-bond donors (Lipinski definition) is 0. The Morgan fingerprint density at radius 1 is 1.25 bits per heavy atom. The van der Waals surface area contributed by atoms with E-state index in [-0.39, 0.29) is 0 Å². The molecule has 1 aliphatic rings. The summed E-state index contributed by atoms with van der Waals surface area (Å²) in [4.78, 5) is 0. The van der Waals surface area contributed by atoms with Gasteiger partial charge in [0.2, 0.25) is 0 Å². The second-order valence-electron chi connectivity index (χ2n) is 2.96. The number of benzene rings is 1. The summed E-state index contributed by atoms with van der Waals surface area (Å²) in [5.74, 6) is 0. The van der Waals surface area contributed by atoms with E-state index in [4.69, 9.17) is 4.74 Å². The van der Waals surface area contributed by atoms with Crippen LogP contribution in [0.5, 0.6) is 0 Å². The molecule has 0 spiro atoms. The Morgan fingerprint density at radius 3 is 2.92 bits per heavy atom. The van der Waals surface area contributed by atoms with Gasteiger partial charge in [-0.1, -0.05) is 30.3 Å². The molecule has 2 rings (SSSR count). The highest BCUT2D eigenvalue weighted by Crippen LogP contribution is 2.24. The first-order chi connectivity index (χ1) is 5.92. The maximum absolute atomic E-state index is 5.43. The summed E-state index contributed by atoms with van der Waals surface area (Å²) >= 11 is 0. The minimum atomic E-state index is 0.757. The molecular weight excluding hydrogens is 148 g/mol. The molecule has 0 saturated heterocycles. The van der Waals surface area contributed by atoms with Crippen LogP contribution in [0.15, 0.2) is 30.3 Å². The number of allylic oxidation sites excluding steroid dienone is 1. The molecule has 0 N–H and O–H groups in total. The van der Waals surface area contributed by atoms with Crippen LogP contribution in [-0.4, -0.2) is 6.61 Å². The van der Waals surface area contributed by atoms with Gasteiger partial charge in [-0.15, -0.1) is 0 Å². The molecule has 1 aromatic carbocycles. The fraction of sp³-hybridized carbons (Fsp3) is 0.273. The third kappa shape index (κ3) is 1.16. The van der Waals surface area contributed by atoms with Crippen molar-refractivity contribution in [3.63, 3.8) is 0 Å². The minimum absolute atomic E-state index is 0.757. The first-order valence-corrected chi connectivity index (χ1v) is 4.23. The summed E-state index contributed by atoms with van der Waals surface area (Å²) in [5, 5.41) is 0.